The van der Waals surface area contributed by atoms with Gasteiger partial charge in [-0.05, 0) is 96.0 Å². The van der Waals surface area contributed by atoms with E-state index in [0.29, 0.717) is 53.3 Å². The Balaban J connectivity index is 1.45. The van der Waals surface area contributed by atoms with Gasteiger partial charge in [0.25, 0.3) is 0 Å². The van der Waals surface area contributed by atoms with Crippen LogP contribution >= 0.6 is 11.6 Å². The van der Waals surface area contributed by atoms with E-state index in [9.17, 15) is 4.79 Å². The lowest BCUT2D eigenvalue weighted by Crippen LogP contribution is -2.59. The number of halogens is 2. The zero-order valence-corrected chi connectivity index (χ0v) is 27.7. The number of hydrogen-bond acceptors (Lipinski definition) is 8. The summed E-state index contributed by atoms with van der Waals surface area (Å²) in [7, 11) is 4.11. The van der Waals surface area contributed by atoms with Gasteiger partial charge in [0.15, 0.2) is 5.82 Å². The summed E-state index contributed by atoms with van der Waals surface area (Å²) >= 11 is 6.96. The van der Waals surface area contributed by atoms with Crippen LogP contribution in [0.2, 0.25) is 5.02 Å². The summed E-state index contributed by atoms with van der Waals surface area (Å²) in [5.41, 5.74) is 7.10. The molecule has 2 atom stereocenters. The molecular formula is C34H42ClFN8O. The topological polar surface area (TPSA) is 80.2 Å². The van der Waals surface area contributed by atoms with Gasteiger partial charge in [0.1, 0.15) is 11.3 Å². The number of likely N-dealkylation sites (N-methyl/N-ethyl adjacent to an activating group) is 1. The Morgan fingerprint density at radius 3 is 2.53 bits per heavy atom. The standard InChI is InChI=1S/C34H42ClFN8O/c1-8-29(45)43-15-21(4)44(16-20(43)3)33-27-14-28(35)30(26-13-24(12-9-19(26)2)40-39-22(5)23-10-11-23)31(36)32(27)37-34(38-33)42-17-25(18-42)41(6)7/h8-9,12-14,20-21,23,25,40H,1,10-11,15-18H2,2-7H3/b39-22+/t20-,21-/m1/s1. The van der Waals surface area contributed by atoms with Crippen LogP contribution in [-0.2, 0) is 4.79 Å². The van der Waals surface area contributed by atoms with Gasteiger partial charge in [-0.1, -0.05) is 24.2 Å². The van der Waals surface area contributed by atoms with Crippen molar-refractivity contribution in [2.24, 2.45) is 11.0 Å². The average Bonchev–Trinajstić information content (AvgIpc) is 3.83. The van der Waals surface area contributed by atoms with E-state index in [4.69, 9.17) is 21.6 Å². The molecule has 3 fully saturated rings. The van der Waals surface area contributed by atoms with Gasteiger partial charge in [-0.25, -0.2) is 9.37 Å². The van der Waals surface area contributed by atoms with Crippen LogP contribution in [0, 0.1) is 18.7 Å². The molecule has 3 aromatic rings. The van der Waals surface area contributed by atoms with Crippen molar-refractivity contribution >= 4 is 51.6 Å². The number of nitrogens with one attached hydrogen (secondary N) is 1. The van der Waals surface area contributed by atoms with Crippen molar-refractivity contribution in [1.82, 2.24) is 19.8 Å². The fraction of sp³-hybridized carbons (Fsp3) is 0.471. The minimum atomic E-state index is -0.480. The molecule has 9 nitrogen and oxygen atoms in total. The molecule has 0 radical (unpaired) electrons. The average molecular weight is 633 g/mol. The number of hydrogen-bond donors (Lipinski definition) is 1. The third-order valence-corrected chi connectivity index (χ3v) is 9.78. The Morgan fingerprint density at radius 2 is 1.87 bits per heavy atom. The fourth-order valence-electron chi connectivity index (χ4n) is 6.27. The maximum Gasteiger partial charge on any atom is 0.246 e. The van der Waals surface area contributed by atoms with Crippen molar-refractivity contribution in [2.75, 3.05) is 55.5 Å². The van der Waals surface area contributed by atoms with Gasteiger partial charge >= 0.3 is 0 Å². The first-order valence-corrected chi connectivity index (χ1v) is 16.1. The molecule has 1 aliphatic carbocycles. The summed E-state index contributed by atoms with van der Waals surface area (Å²) in [6.07, 6.45) is 3.70. The lowest BCUT2D eigenvalue weighted by atomic mass is 9.97. The molecule has 3 heterocycles. The van der Waals surface area contributed by atoms with Gasteiger partial charge in [0.05, 0.1) is 10.7 Å². The zero-order valence-electron chi connectivity index (χ0n) is 26.9. The molecule has 2 aromatic carbocycles. The number of anilines is 3. The number of benzene rings is 2. The molecule has 0 spiro atoms. The van der Waals surface area contributed by atoms with Crippen molar-refractivity contribution in [3.8, 4) is 11.1 Å². The number of amides is 1. The van der Waals surface area contributed by atoms with Crippen molar-refractivity contribution in [3.63, 3.8) is 0 Å². The lowest BCUT2D eigenvalue weighted by molar-refractivity contribution is -0.128. The van der Waals surface area contributed by atoms with E-state index in [1.807, 2.05) is 43.9 Å². The van der Waals surface area contributed by atoms with Crippen LogP contribution in [0.3, 0.4) is 0 Å². The number of aryl methyl sites for hydroxylation is 1. The van der Waals surface area contributed by atoms with Crippen LogP contribution in [0.4, 0.5) is 21.8 Å². The summed E-state index contributed by atoms with van der Waals surface area (Å²) in [6, 6.07) is 7.78. The smallest absolute Gasteiger partial charge is 0.246 e. The number of piperazine rings is 1. The Morgan fingerprint density at radius 1 is 1.13 bits per heavy atom. The number of fused-ring (bicyclic) bond motifs is 1. The van der Waals surface area contributed by atoms with Crippen LogP contribution < -0.4 is 15.2 Å². The van der Waals surface area contributed by atoms with E-state index in [1.165, 1.54) is 18.9 Å². The third kappa shape index (κ3) is 5.97. The van der Waals surface area contributed by atoms with Gasteiger partial charge in [-0.3, -0.25) is 10.2 Å². The van der Waals surface area contributed by atoms with Gasteiger partial charge in [-0.15, -0.1) is 0 Å². The third-order valence-electron chi connectivity index (χ3n) is 9.48. The number of rotatable bonds is 8. The van der Waals surface area contributed by atoms with Gasteiger partial charge in [0.2, 0.25) is 11.9 Å². The number of nitrogens with zero attached hydrogens (tertiary/aromatic N) is 7. The first-order chi connectivity index (χ1) is 21.5. The van der Waals surface area contributed by atoms with Crippen molar-refractivity contribution in [3.05, 3.63) is 53.3 Å². The summed E-state index contributed by atoms with van der Waals surface area (Å²) < 4.78 is 16.9. The zero-order chi connectivity index (χ0) is 32.2. The SMILES string of the molecule is C=CC(=O)N1C[C@@H](C)N(c2nc(N3CC(N(C)C)C3)nc3c(F)c(-c4cc(N/N=C(\C)C5CC5)ccc4C)c(Cl)cc23)C[C@H]1C. The highest BCUT2D eigenvalue weighted by atomic mass is 35.5. The second-order valence-corrected chi connectivity index (χ2v) is 13.4. The molecule has 1 N–H and O–H groups in total. The molecule has 0 bridgehead atoms. The normalized spacial score (nSPS) is 21.0. The Kier molecular flexibility index (Phi) is 8.47. The molecule has 45 heavy (non-hydrogen) atoms. The highest BCUT2D eigenvalue weighted by Gasteiger charge is 2.36. The van der Waals surface area contributed by atoms with Gasteiger partial charge < -0.3 is 19.6 Å². The van der Waals surface area contributed by atoms with Gasteiger partial charge in [-0.2, -0.15) is 10.1 Å². The summed E-state index contributed by atoms with van der Waals surface area (Å²) in [4.78, 5) is 30.7. The molecule has 2 aliphatic heterocycles. The second kappa shape index (κ2) is 12.2. The minimum Gasteiger partial charge on any atom is -0.349 e. The molecule has 11 heteroatoms. The molecule has 1 aromatic heterocycles. The van der Waals surface area contributed by atoms with Crippen LogP contribution in [0.25, 0.3) is 22.0 Å². The molecule has 2 saturated heterocycles. The monoisotopic (exact) mass is 632 g/mol. The molecule has 238 valence electrons. The molecule has 0 unspecified atom stereocenters. The quantitative estimate of drug-likeness (QED) is 0.187. The molecule has 1 saturated carbocycles. The van der Waals surface area contributed by atoms with Crippen LogP contribution in [0.1, 0.15) is 39.2 Å². The number of hydrazone groups is 1. The van der Waals surface area contributed by atoms with Gasteiger partial charge in [0, 0.05) is 61.0 Å². The maximum atomic E-state index is 16.9. The molecule has 1 amide bonds. The summed E-state index contributed by atoms with van der Waals surface area (Å²) in [6.45, 7) is 14.2. The number of carbonyl (C=O) groups excluding carboxylic acids is 1. The predicted octanol–water partition coefficient (Wildman–Crippen LogP) is 5.96. The van der Waals surface area contributed by atoms with E-state index in [0.717, 1.165) is 30.1 Å². The molecule has 3 aliphatic rings. The Labute approximate surface area is 269 Å². The van der Waals surface area contributed by atoms with Crippen molar-refractivity contribution in [1.29, 1.82) is 0 Å². The van der Waals surface area contributed by atoms with Crippen molar-refractivity contribution in [2.45, 2.75) is 58.7 Å². The van der Waals surface area contributed by atoms with E-state index < -0.39 is 5.82 Å². The van der Waals surface area contributed by atoms with Crippen molar-refractivity contribution < 1.29 is 9.18 Å². The Hall–Kier alpha value is -3.76. The van der Waals surface area contributed by atoms with E-state index in [-0.39, 0.29) is 28.5 Å². The van der Waals surface area contributed by atoms with E-state index in [1.54, 1.807) is 6.07 Å². The van der Waals surface area contributed by atoms with E-state index in [2.05, 4.69) is 52.8 Å². The largest absolute Gasteiger partial charge is 0.349 e. The molecular weight excluding hydrogens is 591 g/mol. The van der Waals surface area contributed by atoms with Crippen LogP contribution in [0.15, 0.2) is 42.0 Å². The highest BCUT2D eigenvalue weighted by molar-refractivity contribution is 6.34. The highest BCUT2D eigenvalue weighted by Crippen LogP contribution is 2.42. The Bertz CT molecular complexity index is 1680. The first-order valence-electron chi connectivity index (χ1n) is 15.7. The summed E-state index contributed by atoms with van der Waals surface area (Å²) in [5.74, 6) is 1.08. The second-order valence-electron chi connectivity index (χ2n) is 13.0. The number of aromatic nitrogens is 2. The fourth-order valence-corrected chi connectivity index (χ4v) is 6.57. The van der Waals surface area contributed by atoms with E-state index >= 15 is 4.39 Å². The minimum absolute atomic E-state index is 0.0758. The lowest BCUT2D eigenvalue weighted by Gasteiger charge is -2.45. The van der Waals surface area contributed by atoms with Crippen LogP contribution in [-0.4, -0.2) is 89.8 Å². The molecule has 6 rings (SSSR count). The number of carbonyl (C=O) groups is 1. The summed E-state index contributed by atoms with van der Waals surface area (Å²) in [5, 5.41) is 5.39. The van der Waals surface area contributed by atoms with Crippen LogP contribution in [0.5, 0.6) is 0 Å². The predicted molar refractivity (Wildman–Crippen MR) is 182 cm³/mol. The first kappa shape index (κ1) is 31.2. The maximum absolute atomic E-state index is 16.9.